The third-order valence-electron chi connectivity index (χ3n) is 2.50. The van der Waals surface area contributed by atoms with E-state index in [4.69, 9.17) is 5.73 Å². The van der Waals surface area contributed by atoms with Crippen LogP contribution < -0.4 is 5.73 Å². The Hall–Kier alpha value is -1.27. The lowest BCUT2D eigenvalue weighted by atomic mass is 10.2. The lowest BCUT2D eigenvalue weighted by molar-refractivity contribution is 0.594. The molecule has 6 heteroatoms. The van der Waals surface area contributed by atoms with E-state index in [2.05, 4.69) is 15.9 Å². The van der Waals surface area contributed by atoms with Gasteiger partial charge in [-0.3, -0.25) is 4.21 Å². The molecule has 0 saturated carbocycles. The highest BCUT2D eigenvalue weighted by Gasteiger charge is 2.13. The predicted octanol–water partition coefficient (Wildman–Crippen LogP) is 3.62. The van der Waals surface area contributed by atoms with E-state index in [0.717, 1.165) is 6.07 Å². The molecule has 2 rings (SSSR count). The predicted molar refractivity (Wildman–Crippen MR) is 75.0 cm³/mol. The zero-order valence-electron chi connectivity index (χ0n) is 9.70. The number of rotatable bonds is 3. The van der Waals surface area contributed by atoms with E-state index < -0.39 is 22.4 Å². The van der Waals surface area contributed by atoms with Gasteiger partial charge in [0, 0.05) is 15.7 Å². The van der Waals surface area contributed by atoms with Gasteiger partial charge in [0.05, 0.1) is 21.4 Å². The largest absolute Gasteiger partial charge is 0.399 e. The molecule has 0 amide bonds. The van der Waals surface area contributed by atoms with Gasteiger partial charge in [-0.05, 0) is 36.4 Å². The molecule has 0 heterocycles. The Balaban J connectivity index is 2.28. The minimum Gasteiger partial charge on any atom is -0.399 e. The van der Waals surface area contributed by atoms with Crippen molar-refractivity contribution in [3.05, 3.63) is 58.1 Å². The van der Waals surface area contributed by atoms with Crippen molar-refractivity contribution >= 4 is 32.4 Å². The van der Waals surface area contributed by atoms with Crippen molar-refractivity contribution in [1.29, 1.82) is 0 Å². The summed E-state index contributed by atoms with van der Waals surface area (Å²) in [5.74, 6) is -1.20. The Morgan fingerprint density at radius 3 is 2.53 bits per heavy atom. The first-order valence-electron chi connectivity index (χ1n) is 5.34. The Bertz CT molecular complexity index is 649. The maximum Gasteiger partial charge on any atom is 0.141 e. The van der Waals surface area contributed by atoms with E-state index in [9.17, 15) is 13.0 Å². The Morgan fingerprint density at radius 2 is 1.84 bits per heavy atom. The lowest BCUT2D eigenvalue weighted by Gasteiger charge is -2.06. The number of benzene rings is 2. The summed E-state index contributed by atoms with van der Waals surface area (Å²) >= 11 is 3.21. The van der Waals surface area contributed by atoms with Gasteiger partial charge >= 0.3 is 0 Å². The lowest BCUT2D eigenvalue weighted by Crippen LogP contribution is -2.02. The van der Waals surface area contributed by atoms with Crippen molar-refractivity contribution in [2.24, 2.45) is 0 Å². The summed E-state index contributed by atoms with van der Waals surface area (Å²) in [5.41, 5.74) is 5.94. The molecule has 0 bridgehead atoms. The van der Waals surface area contributed by atoms with Crippen molar-refractivity contribution in [3.63, 3.8) is 0 Å². The van der Waals surface area contributed by atoms with Gasteiger partial charge in [0.1, 0.15) is 11.6 Å². The van der Waals surface area contributed by atoms with Gasteiger partial charge < -0.3 is 5.73 Å². The van der Waals surface area contributed by atoms with Crippen LogP contribution in [-0.4, -0.2) is 4.21 Å². The maximum atomic E-state index is 13.6. The molecule has 100 valence electrons. The van der Waals surface area contributed by atoms with E-state index in [1.807, 2.05) is 0 Å². The molecule has 0 spiro atoms. The number of hydrogen-bond acceptors (Lipinski definition) is 2. The van der Waals surface area contributed by atoms with Crippen molar-refractivity contribution < 1.29 is 13.0 Å². The highest BCUT2D eigenvalue weighted by Crippen LogP contribution is 2.21. The van der Waals surface area contributed by atoms with Crippen LogP contribution in [-0.2, 0) is 16.6 Å². The molecular weight excluding hydrogens is 336 g/mol. The minimum atomic E-state index is -1.66. The Morgan fingerprint density at radius 1 is 1.11 bits per heavy atom. The number of hydrogen-bond donors (Lipinski definition) is 1. The first-order chi connectivity index (χ1) is 8.97. The van der Waals surface area contributed by atoms with Gasteiger partial charge in [-0.25, -0.2) is 8.78 Å². The average molecular weight is 346 g/mol. The average Bonchev–Trinajstić information content (AvgIpc) is 2.33. The van der Waals surface area contributed by atoms with Crippen LogP contribution in [0.1, 0.15) is 5.56 Å². The van der Waals surface area contributed by atoms with Gasteiger partial charge in [0.25, 0.3) is 0 Å². The van der Waals surface area contributed by atoms with E-state index in [0.29, 0.717) is 4.47 Å². The number of halogens is 3. The maximum absolute atomic E-state index is 13.6. The fourth-order valence-corrected chi connectivity index (χ4v) is 3.14. The highest BCUT2D eigenvalue weighted by atomic mass is 79.9. The summed E-state index contributed by atoms with van der Waals surface area (Å²) in [5, 5.41) is 0. The Kier molecular flexibility index (Phi) is 4.31. The molecule has 1 atom stereocenters. The molecule has 2 aromatic carbocycles. The molecule has 0 aromatic heterocycles. The monoisotopic (exact) mass is 345 g/mol. The second kappa shape index (κ2) is 5.79. The molecule has 0 aliphatic rings. The summed E-state index contributed by atoms with van der Waals surface area (Å²) in [6.07, 6.45) is 0. The third kappa shape index (κ3) is 3.39. The van der Waals surface area contributed by atoms with Crippen LogP contribution in [0.2, 0.25) is 0 Å². The van der Waals surface area contributed by atoms with Crippen molar-refractivity contribution in [3.8, 4) is 0 Å². The molecule has 0 fully saturated rings. The first kappa shape index (κ1) is 14.1. The number of nitrogens with two attached hydrogens (primary N) is 1. The quantitative estimate of drug-likeness (QED) is 0.863. The van der Waals surface area contributed by atoms with Crippen LogP contribution in [0.4, 0.5) is 14.5 Å². The third-order valence-corrected chi connectivity index (χ3v) is 4.38. The molecule has 2 nitrogen and oxygen atoms in total. The molecule has 0 radical (unpaired) electrons. The molecule has 2 aromatic rings. The summed E-state index contributed by atoms with van der Waals surface area (Å²) in [4.78, 5) is 0.0218. The van der Waals surface area contributed by atoms with Crippen molar-refractivity contribution in [2.75, 3.05) is 5.73 Å². The molecule has 0 aliphatic carbocycles. The topological polar surface area (TPSA) is 43.1 Å². The zero-order chi connectivity index (χ0) is 14.0. The van der Waals surface area contributed by atoms with Crippen molar-refractivity contribution in [1.82, 2.24) is 0 Å². The molecule has 0 saturated heterocycles. The SMILES string of the molecule is Nc1ccc(S(=O)Cc2cc(Br)ccc2F)c(F)c1. The summed E-state index contributed by atoms with van der Waals surface area (Å²) in [6.45, 7) is 0. The van der Waals surface area contributed by atoms with Crippen molar-refractivity contribution in [2.45, 2.75) is 10.6 Å². The van der Waals surface area contributed by atoms with Crippen LogP contribution in [0.5, 0.6) is 0 Å². The second-order valence-corrected chi connectivity index (χ2v) is 6.25. The van der Waals surface area contributed by atoms with Gasteiger partial charge in [-0.15, -0.1) is 0 Å². The van der Waals surface area contributed by atoms with Crippen LogP contribution in [0.15, 0.2) is 45.8 Å². The second-order valence-electron chi connectivity index (χ2n) is 3.92. The van der Waals surface area contributed by atoms with E-state index in [1.54, 1.807) is 6.07 Å². The van der Waals surface area contributed by atoms with Crippen LogP contribution in [0.3, 0.4) is 0 Å². The minimum absolute atomic E-state index is 0.0218. The zero-order valence-corrected chi connectivity index (χ0v) is 12.1. The van der Waals surface area contributed by atoms with E-state index in [-0.39, 0.29) is 21.9 Å². The standard InChI is InChI=1S/C13H10BrF2NOS/c14-9-1-3-11(15)8(5-9)7-19(18)13-4-2-10(17)6-12(13)16/h1-6H,7,17H2. The Labute approximate surface area is 120 Å². The summed E-state index contributed by atoms with van der Waals surface area (Å²) in [6, 6.07) is 8.28. The van der Waals surface area contributed by atoms with Crippen LogP contribution >= 0.6 is 15.9 Å². The van der Waals surface area contributed by atoms with Gasteiger partial charge in [0.15, 0.2) is 0 Å². The molecular formula is C13H10BrF2NOS. The fourth-order valence-electron chi connectivity index (χ4n) is 1.57. The van der Waals surface area contributed by atoms with E-state index in [1.165, 1.54) is 24.3 Å². The van der Waals surface area contributed by atoms with E-state index >= 15 is 0 Å². The molecule has 1 unspecified atom stereocenters. The molecule has 19 heavy (non-hydrogen) atoms. The highest BCUT2D eigenvalue weighted by molar-refractivity contribution is 9.10. The number of anilines is 1. The van der Waals surface area contributed by atoms with Crippen LogP contribution in [0.25, 0.3) is 0 Å². The van der Waals surface area contributed by atoms with Gasteiger partial charge in [-0.2, -0.15) is 0 Å². The fraction of sp³-hybridized carbons (Fsp3) is 0.0769. The molecule has 0 aliphatic heterocycles. The normalized spacial score (nSPS) is 12.4. The van der Waals surface area contributed by atoms with Gasteiger partial charge in [-0.1, -0.05) is 15.9 Å². The smallest absolute Gasteiger partial charge is 0.141 e. The summed E-state index contributed by atoms with van der Waals surface area (Å²) < 4.78 is 39.9. The first-order valence-corrected chi connectivity index (χ1v) is 7.46. The van der Waals surface area contributed by atoms with Gasteiger partial charge in [0.2, 0.25) is 0 Å². The summed E-state index contributed by atoms with van der Waals surface area (Å²) in [7, 11) is -1.66. The molecule has 2 N–H and O–H groups in total. The number of nitrogen functional groups attached to an aromatic ring is 1. The van der Waals surface area contributed by atoms with Crippen LogP contribution in [0, 0.1) is 11.6 Å².